The molecular weight excluding hydrogens is 500 g/mol. The van der Waals surface area contributed by atoms with Crippen molar-refractivity contribution in [1.82, 2.24) is 9.47 Å². The number of aromatic hydroxyl groups is 2. The van der Waals surface area contributed by atoms with E-state index in [-0.39, 0.29) is 23.7 Å². The van der Waals surface area contributed by atoms with Crippen LogP contribution in [0.3, 0.4) is 0 Å². The Bertz CT molecular complexity index is 1200. The Morgan fingerprint density at radius 3 is 2.29 bits per heavy atom. The van der Waals surface area contributed by atoms with Crippen LogP contribution in [-0.4, -0.2) is 37.3 Å². The summed E-state index contributed by atoms with van der Waals surface area (Å²) in [7, 11) is 0. The van der Waals surface area contributed by atoms with E-state index in [1.54, 1.807) is 0 Å². The minimum Gasteiger partial charge on any atom is -0.494 e. The van der Waals surface area contributed by atoms with Crippen molar-refractivity contribution in [2.24, 2.45) is 11.8 Å². The molecule has 1 aliphatic rings. The van der Waals surface area contributed by atoms with Crippen molar-refractivity contribution in [3.63, 3.8) is 0 Å². The van der Waals surface area contributed by atoms with Crippen LogP contribution in [0.4, 0.5) is 0 Å². The molecule has 0 bridgehead atoms. The smallest absolute Gasteiger partial charge is 0.306 e. The Kier molecular flexibility index (Phi) is 9.40. The van der Waals surface area contributed by atoms with Gasteiger partial charge in [0.25, 0.3) is 0 Å². The van der Waals surface area contributed by atoms with Crippen LogP contribution in [0.25, 0.3) is 0 Å². The average molecular weight is 539 g/mol. The molecule has 6 nitrogen and oxygen atoms in total. The van der Waals surface area contributed by atoms with Crippen molar-refractivity contribution < 1.29 is 20.1 Å². The third-order valence-electron chi connectivity index (χ3n) is 8.14. The maximum absolute atomic E-state index is 11.4. The van der Waals surface area contributed by atoms with E-state index < -0.39 is 5.97 Å². The summed E-state index contributed by atoms with van der Waals surface area (Å²) in [5, 5.41) is 29.8. The van der Waals surface area contributed by atoms with Crippen LogP contribution in [0.15, 0.2) is 54.6 Å². The molecule has 4 rings (SSSR count). The molecule has 0 spiro atoms. The van der Waals surface area contributed by atoms with Gasteiger partial charge in [-0.1, -0.05) is 41.9 Å². The van der Waals surface area contributed by atoms with Crippen molar-refractivity contribution >= 4 is 17.6 Å². The van der Waals surface area contributed by atoms with E-state index in [9.17, 15) is 20.1 Å². The van der Waals surface area contributed by atoms with Gasteiger partial charge in [0.15, 0.2) is 11.8 Å². The fourth-order valence-corrected chi connectivity index (χ4v) is 5.84. The summed E-state index contributed by atoms with van der Waals surface area (Å²) in [6, 6.07) is 17.9. The standard InChI is InChI=1S/C31H39ClN2O4/c1-21-18-24(7-8-25(21)4-3-17-34-29(35)15-16-30(34)36)20-33(22(2)26-11-13-28(32)14-12-26)19-23-5-9-27(10-6-23)31(37)38/h7-8,11-16,18,22-23,27,35-36H,3-6,9-10,17,19-20H2,1-2H3,(H,37,38). The van der Waals surface area contributed by atoms with Crippen molar-refractivity contribution in [3.8, 4) is 11.8 Å². The predicted molar refractivity (Wildman–Crippen MR) is 151 cm³/mol. The highest BCUT2D eigenvalue weighted by Crippen LogP contribution is 2.33. The van der Waals surface area contributed by atoms with E-state index in [2.05, 4.69) is 49.1 Å². The second kappa shape index (κ2) is 12.7. The molecular formula is C31H39ClN2O4. The number of hydrogen-bond donors (Lipinski definition) is 3. The summed E-state index contributed by atoms with van der Waals surface area (Å²) in [6.45, 7) is 6.68. The lowest BCUT2D eigenvalue weighted by Gasteiger charge is -2.35. The number of benzene rings is 2. The van der Waals surface area contributed by atoms with Gasteiger partial charge in [-0.2, -0.15) is 0 Å². The van der Waals surface area contributed by atoms with E-state index in [4.69, 9.17) is 11.6 Å². The van der Waals surface area contributed by atoms with Crippen LogP contribution in [0, 0.1) is 18.8 Å². The van der Waals surface area contributed by atoms with E-state index in [1.165, 1.54) is 39.0 Å². The lowest BCUT2D eigenvalue weighted by Crippen LogP contribution is -2.34. The summed E-state index contributed by atoms with van der Waals surface area (Å²) in [5.41, 5.74) is 4.99. The molecule has 204 valence electrons. The molecule has 1 aromatic heterocycles. The van der Waals surface area contributed by atoms with Gasteiger partial charge in [-0.25, -0.2) is 0 Å². The molecule has 1 fully saturated rings. The fraction of sp³-hybridized carbons (Fsp3) is 0.452. The van der Waals surface area contributed by atoms with Crippen LogP contribution in [0.5, 0.6) is 11.8 Å². The normalized spacial score (nSPS) is 18.5. The number of hydrogen-bond acceptors (Lipinski definition) is 4. The van der Waals surface area contributed by atoms with Gasteiger partial charge in [0.05, 0.1) is 5.92 Å². The molecule has 0 saturated heterocycles. The zero-order chi connectivity index (χ0) is 27.2. The van der Waals surface area contributed by atoms with Crippen molar-refractivity contribution in [1.29, 1.82) is 0 Å². The lowest BCUT2D eigenvalue weighted by atomic mass is 9.81. The molecule has 1 saturated carbocycles. The number of aromatic nitrogens is 1. The third kappa shape index (κ3) is 7.12. The Hall–Kier alpha value is -2.96. The Balaban J connectivity index is 1.43. The van der Waals surface area contributed by atoms with Gasteiger partial charge in [0.1, 0.15) is 0 Å². The van der Waals surface area contributed by atoms with Gasteiger partial charge >= 0.3 is 5.97 Å². The zero-order valence-corrected chi connectivity index (χ0v) is 23.1. The van der Waals surface area contributed by atoms with E-state index in [0.29, 0.717) is 12.5 Å². The largest absolute Gasteiger partial charge is 0.494 e. The summed E-state index contributed by atoms with van der Waals surface area (Å²) in [4.78, 5) is 13.9. The zero-order valence-electron chi connectivity index (χ0n) is 22.3. The summed E-state index contributed by atoms with van der Waals surface area (Å²) >= 11 is 6.15. The van der Waals surface area contributed by atoms with Crippen molar-refractivity contribution in [2.75, 3.05) is 6.54 Å². The van der Waals surface area contributed by atoms with Gasteiger partial charge in [-0.05, 0) is 92.7 Å². The Morgan fingerprint density at radius 1 is 1.03 bits per heavy atom. The lowest BCUT2D eigenvalue weighted by molar-refractivity contribution is -0.143. The quantitative estimate of drug-likeness (QED) is 0.246. The fourth-order valence-electron chi connectivity index (χ4n) is 5.71. The molecule has 0 aliphatic heterocycles. The van der Waals surface area contributed by atoms with E-state index in [1.807, 2.05) is 12.1 Å². The van der Waals surface area contributed by atoms with Gasteiger partial charge < -0.3 is 15.3 Å². The number of nitrogens with zero attached hydrogens (tertiary/aromatic N) is 2. The van der Waals surface area contributed by atoms with Gasteiger partial charge in [-0.3, -0.25) is 14.3 Å². The molecule has 1 aliphatic carbocycles. The van der Waals surface area contributed by atoms with Gasteiger partial charge in [0, 0.05) is 42.8 Å². The Morgan fingerprint density at radius 2 is 1.68 bits per heavy atom. The molecule has 7 heteroatoms. The van der Waals surface area contributed by atoms with Crippen LogP contribution >= 0.6 is 11.6 Å². The number of rotatable bonds is 11. The number of carboxylic acids is 1. The van der Waals surface area contributed by atoms with Crippen LogP contribution < -0.4 is 0 Å². The molecule has 1 unspecified atom stereocenters. The molecule has 3 aromatic rings. The topological polar surface area (TPSA) is 85.9 Å². The van der Waals surface area contributed by atoms with E-state index in [0.717, 1.165) is 56.6 Å². The van der Waals surface area contributed by atoms with Crippen LogP contribution in [0.1, 0.15) is 67.3 Å². The van der Waals surface area contributed by atoms with Crippen molar-refractivity contribution in [3.05, 3.63) is 81.9 Å². The van der Waals surface area contributed by atoms with Crippen LogP contribution in [0.2, 0.25) is 5.02 Å². The minimum absolute atomic E-state index is 0.0842. The first-order chi connectivity index (χ1) is 18.2. The number of aryl methyl sites for hydroxylation is 2. The van der Waals surface area contributed by atoms with Crippen molar-refractivity contribution in [2.45, 2.75) is 71.5 Å². The first kappa shape index (κ1) is 28.1. The summed E-state index contributed by atoms with van der Waals surface area (Å²) < 4.78 is 1.52. The number of carboxylic acid groups (broad SMARTS) is 1. The summed E-state index contributed by atoms with van der Waals surface area (Å²) in [5.74, 6) is -0.203. The molecule has 0 radical (unpaired) electrons. The molecule has 1 heterocycles. The molecule has 0 amide bonds. The second-order valence-corrected chi connectivity index (χ2v) is 11.2. The predicted octanol–water partition coefficient (Wildman–Crippen LogP) is 6.95. The highest BCUT2D eigenvalue weighted by Gasteiger charge is 2.28. The summed E-state index contributed by atoms with van der Waals surface area (Å²) in [6.07, 6.45) is 5.09. The monoisotopic (exact) mass is 538 g/mol. The molecule has 2 aromatic carbocycles. The maximum Gasteiger partial charge on any atom is 0.306 e. The minimum atomic E-state index is -0.660. The first-order valence-corrected chi connectivity index (χ1v) is 14.0. The van der Waals surface area contributed by atoms with Gasteiger partial charge in [-0.15, -0.1) is 0 Å². The van der Waals surface area contributed by atoms with Crippen LogP contribution in [-0.2, 0) is 24.3 Å². The molecule has 1 atom stereocenters. The average Bonchev–Trinajstić information content (AvgIpc) is 3.22. The maximum atomic E-state index is 11.4. The number of aliphatic carboxylic acids is 1. The van der Waals surface area contributed by atoms with E-state index >= 15 is 0 Å². The van der Waals surface area contributed by atoms with Gasteiger partial charge in [0.2, 0.25) is 0 Å². The highest BCUT2D eigenvalue weighted by molar-refractivity contribution is 6.30. The molecule has 3 N–H and O–H groups in total. The third-order valence-corrected chi connectivity index (χ3v) is 8.40. The first-order valence-electron chi connectivity index (χ1n) is 13.6. The molecule has 38 heavy (non-hydrogen) atoms. The SMILES string of the molecule is Cc1cc(CN(CC2CCC(C(=O)O)CC2)C(C)c2ccc(Cl)cc2)ccc1CCCn1c(O)ccc1O. The number of halogens is 1. The number of carbonyl (C=O) groups is 1. The highest BCUT2D eigenvalue weighted by atomic mass is 35.5. The Labute approximate surface area is 230 Å². The second-order valence-electron chi connectivity index (χ2n) is 10.8.